The summed E-state index contributed by atoms with van der Waals surface area (Å²) in [6.07, 6.45) is 1.49. The Hall–Kier alpha value is -3.22. The predicted octanol–water partition coefficient (Wildman–Crippen LogP) is 3.23. The van der Waals surface area contributed by atoms with Crippen LogP contribution < -0.4 is 5.32 Å². The molecular weight excluding hydrogens is 430 g/mol. The quantitative estimate of drug-likeness (QED) is 0.669. The highest BCUT2D eigenvalue weighted by Gasteiger charge is 2.29. The summed E-state index contributed by atoms with van der Waals surface area (Å²) in [5.41, 5.74) is 1.38. The Morgan fingerprint density at radius 1 is 1.12 bits per heavy atom. The average Bonchev–Trinajstić information content (AvgIpc) is 2.79. The minimum atomic E-state index is -3.72. The van der Waals surface area contributed by atoms with E-state index in [1.165, 1.54) is 29.4 Å². The summed E-state index contributed by atoms with van der Waals surface area (Å²) in [7, 11) is -3.72. The Labute approximate surface area is 187 Å². The number of aryl methyl sites for hydroxylation is 1. The number of carbonyl (C=O) groups is 2. The van der Waals surface area contributed by atoms with E-state index in [1.54, 1.807) is 31.2 Å². The van der Waals surface area contributed by atoms with Crippen molar-refractivity contribution in [3.63, 3.8) is 0 Å². The first-order chi connectivity index (χ1) is 15.2. The number of anilines is 1. The Morgan fingerprint density at radius 2 is 1.84 bits per heavy atom. The van der Waals surface area contributed by atoms with Gasteiger partial charge >= 0.3 is 5.97 Å². The van der Waals surface area contributed by atoms with E-state index in [2.05, 4.69) is 5.32 Å². The van der Waals surface area contributed by atoms with Crippen LogP contribution in [-0.4, -0.2) is 43.8 Å². The number of nitriles is 1. The molecule has 0 radical (unpaired) electrons. The zero-order valence-corrected chi connectivity index (χ0v) is 18.8. The first-order valence-electron chi connectivity index (χ1n) is 10.3. The van der Waals surface area contributed by atoms with Gasteiger partial charge in [-0.1, -0.05) is 18.6 Å². The number of nitrogens with zero attached hydrogens (tertiary/aromatic N) is 2. The summed E-state index contributed by atoms with van der Waals surface area (Å²) in [6.45, 7) is 4.01. The Kier molecular flexibility index (Phi) is 7.28. The van der Waals surface area contributed by atoms with Crippen molar-refractivity contribution in [2.45, 2.75) is 44.1 Å². The largest absolute Gasteiger partial charge is 0.449 e. The molecule has 168 valence electrons. The summed E-state index contributed by atoms with van der Waals surface area (Å²) >= 11 is 0. The third kappa shape index (κ3) is 5.33. The predicted molar refractivity (Wildman–Crippen MR) is 118 cm³/mol. The first-order valence-corrected chi connectivity index (χ1v) is 11.8. The maximum Gasteiger partial charge on any atom is 0.338 e. The van der Waals surface area contributed by atoms with Crippen LogP contribution in [0.4, 0.5) is 5.69 Å². The van der Waals surface area contributed by atoms with Crippen molar-refractivity contribution in [3.05, 3.63) is 59.2 Å². The van der Waals surface area contributed by atoms with E-state index < -0.39 is 28.0 Å². The second-order valence-corrected chi connectivity index (χ2v) is 9.58. The molecule has 3 rings (SSSR count). The van der Waals surface area contributed by atoms with Crippen LogP contribution in [0.2, 0.25) is 0 Å². The normalized spacial score (nSPS) is 15.4. The summed E-state index contributed by atoms with van der Waals surface area (Å²) < 4.78 is 32.8. The van der Waals surface area contributed by atoms with Crippen LogP contribution in [0.15, 0.2) is 47.4 Å². The van der Waals surface area contributed by atoms with Crippen molar-refractivity contribution in [1.82, 2.24) is 4.31 Å². The Morgan fingerprint density at radius 3 is 2.53 bits per heavy atom. The highest BCUT2D eigenvalue weighted by atomic mass is 32.2. The highest BCUT2D eigenvalue weighted by Crippen LogP contribution is 2.25. The molecule has 1 atom stereocenters. The number of piperidine rings is 1. The van der Waals surface area contributed by atoms with Crippen molar-refractivity contribution in [2.75, 3.05) is 18.4 Å². The third-order valence-electron chi connectivity index (χ3n) is 5.27. The molecule has 2 aromatic carbocycles. The molecule has 1 N–H and O–H groups in total. The van der Waals surface area contributed by atoms with Gasteiger partial charge in [-0.25, -0.2) is 13.2 Å². The molecule has 0 aliphatic carbocycles. The SMILES string of the molecule is Cc1ccc(C(=O)O[C@H](C)C(=O)Nc2cccc(C#N)c2)cc1S(=O)(=O)N1CCCCC1. The molecule has 32 heavy (non-hydrogen) atoms. The standard InChI is InChI=1S/C23H25N3O5S/c1-16-9-10-19(14-21(16)32(29,30)26-11-4-3-5-12-26)23(28)31-17(2)22(27)25-20-8-6-7-18(13-20)15-24/h6-10,13-14,17H,3-5,11-12H2,1-2H3,(H,25,27)/t17-/m1/s1. The van der Waals surface area contributed by atoms with Crippen molar-refractivity contribution >= 4 is 27.6 Å². The molecule has 1 heterocycles. The maximum absolute atomic E-state index is 13.1. The van der Waals surface area contributed by atoms with Crippen LogP contribution in [0, 0.1) is 18.3 Å². The van der Waals surface area contributed by atoms with Crippen LogP contribution in [0.1, 0.15) is 47.7 Å². The minimum Gasteiger partial charge on any atom is -0.449 e. The monoisotopic (exact) mass is 455 g/mol. The van der Waals surface area contributed by atoms with Gasteiger partial charge in [0.1, 0.15) is 0 Å². The zero-order chi connectivity index (χ0) is 23.3. The number of hydrogen-bond donors (Lipinski definition) is 1. The second kappa shape index (κ2) is 9.94. The van der Waals surface area contributed by atoms with Gasteiger partial charge in [-0.2, -0.15) is 9.57 Å². The molecule has 0 aromatic heterocycles. The molecule has 9 heteroatoms. The third-order valence-corrected chi connectivity index (χ3v) is 7.31. The Balaban J connectivity index is 1.72. The van der Waals surface area contributed by atoms with Crippen molar-refractivity contribution in [1.29, 1.82) is 5.26 Å². The second-order valence-electron chi connectivity index (χ2n) is 7.67. The number of hydrogen-bond acceptors (Lipinski definition) is 6. The van der Waals surface area contributed by atoms with Gasteiger partial charge in [0.2, 0.25) is 10.0 Å². The molecular formula is C23H25N3O5S. The van der Waals surface area contributed by atoms with E-state index in [1.807, 2.05) is 6.07 Å². The number of ether oxygens (including phenoxy) is 1. The number of amides is 1. The lowest BCUT2D eigenvalue weighted by atomic mass is 10.1. The average molecular weight is 456 g/mol. The van der Waals surface area contributed by atoms with E-state index in [-0.39, 0.29) is 10.5 Å². The molecule has 1 aliphatic heterocycles. The maximum atomic E-state index is 13.1. The fourth-order valence-electron chi connectivity index (χ4n) is 3.44. The van der Waals surface area contributed by atoms with Crippen molar-refractivity contribution in [3.8, 4) is 6.07 Å². The van der Waals surface area contributed by atoms with Crippen LogP contribution in [0.5, 0.6) is 0 Å². The lowest BCUT2D eigenvalue weighted by Crippen LogP contribution is -2.36. The van der Waals surface area contributed by atoms with Crippen LogP contribution in [0.25, 0.3) is 0 Å². The summed E-state index contributed by atoms with van der Waals surface area (Å²) in [5.74, 6) is -1.37. The van der Waals surface area contributed by atoms with Gasteiger partial charge in [-0.15, -0.1) is 0 Å². The zero-order valence-electron chi connectivity index (χ0n) is 18.0. The molecule has 0 saturated carbocycles. The van der Waals surface area contributed by atoms with Gasteiger partial charge < -0.3 is 10.1 Å². The molecule has 2 aromatic rings. The highest BCUT2D eigenvalue weighted by molar-refractivity contribution is 7.89. The first kappa shape index (κ1) is 23.4. The van der Waals surface area contributed by atoms with Gasteiger partial charge in [-0.3, -0.25) is 4.79 Å². The number of sulfonamides is 1. The summed E-state index contributed by atoms with van der Waals surface area (Å²) in [4.78, 5) is 25.1. The summed E-state index contributed by atoms with van der Waals surface area (Å²) in [6, 6.07) is 12.7. The van der Waals surface area contributed by atoms with Gasteiger partial charge in [0.15, 0.2) is 6.10 Å². The van der Waals surface area contributed by atoms with Crippen molar-refractivity contribution in [2.24, 2.45) is 0 Å². The number of rotatable bonds is 6. The fourth-order valence-corrected chi connectivity index (χ4v) is 5.21. The number of carbonyl (C=O) groups excluding carboxylic acids is 2. The summed E-state index contributed by atoms with van der Waals surface area (Å²) in [5, 5.41) is 11.5. The molecule has 8 nitrogen and oxygen atoms in total. The molecule has 0 spiro atoms. The van der Waals surface area contributed by atoms with E-state index in [9.17, 15) is 18.0 Å². The smallest absolute Gasteiger partial charge is 0.338 e. The van der Waals surface area contributed by atoms with Crippen LogP contribution >= 0.6 is 0 Å². The van der Waals surface area contributed by atoms with E-state index in [0.717, 1.165) is 19.3 Å². The molecule has 1 aliphatic rings. The van der Waals surface area contributed by atoms with Crippen LogP contribution in [0.3, 0.4) is 0 Å². The van der Waals surface area contributed by atoms with E-state index in [4.69, 9.17) is 10.00 Å². The Bertz CT molecular complexity index is 1160. The molecule has 0 unspecified atom stereocenters. The number of nitrogens with one attached hydrogen (secondary N) is 1. The van der Waals surface area contributed by atoms with Gasteiger partial charge in [-0.05, 0) is 62.6 Å². The van der Waals surface area contributed by atoms with Gasteiger partial charge in [0.05, 0.1) is 22.1 Å². The molecule has 0 bridgehead atoms. The minimum absolute atomic E-state index is 0.0531. The van der Waals surface area contributed by atoms with Crippen molar-refractivity contribution < 1.29 is 22.7 Å². The van der Waals surface area contributed by atoms with Gasteiger partial charge in [0, 0.05) is 18.8 Å². The van der Waals surface area contributed by atoms with Crippen LogP contribution in [-0.2, 0) is 19.6 Å². The lowest BCUT2D eigenvalue weighted by Gasteiger charge is -2.26. The number of benzene rings is 2. The molecule has 1 amide bonds. The number of esters is 1. The fraction of sp³-hybridized carbons (Fsp3) is 0.348. The van der Waals surface area contributed by atoms with E-state index >= 15 is 0 Å². The lowest BCUT2D eigenvalue weighted by molar-refractivity contribution is -0.123. The molecule has 1 fully saturated rings. The van der Waals surface area contributed by atoms with Gasteiger partial charge in [0.25, 0.3) is 5.91 Å². The molecule has 1 saturated heterocycles. The van der Waals surface area contributed by atoms with E-state index in [0.29, 0.717) is 29.9 Å². The topological polar surface area (TPSA) is 117 Å².